The predicted octanol–water partition coefficient (Wildman–Crippen LogP) is 3.05. The van der Waals surface area contributed by atoms with Gasteiger partial charge in [-0.3, -0.25) is 4.98 Å². The predicted molar refractivity (Wildman–Crippen MR) is 83.6 cm³/mol. The zero-order valence-corrected chi connectivity index (χ0v) is 13.2. The lowest BCUT2D eigenvalue weighted by atomic mass is 10.3. The third-order valence-corrected chi connectivity index (χ3v) is 3.80. The van der Waals surface area contributed by atoms with Crippen LogP contribution in [0.3, 0.4) is 0 Å². The number of imidazole rings is 1. The number of halogens is 1. The molecule has 0 saturated carbocycles. The molecule has 21 heavy (non-hydrogen) atoms. The van der Waals surface area contributed by atoms with E-state index in [2.05, 4.69) is 26.6 Å². The second-order valence-electron chi connectivity index (χ2n) is 5.09. The van der Waals surface area contributed by atoms with Crippen molar-refractivity contribution in [3.8, 4) is 0 Å². The molecule has 0 aliphatic carbocycles. The topological polar surface area (TPSA) is 48.5 Å². The van der Waals surface area contributed by atoms with Crippen molar-refractivity contribution in [2.24, 2.45) is 0 Å². The van der Waals surface area contributed by atoms with Crippen molar-refractivity contribution in [1.82, 2.24) is 24.3 Å². The summed E-state index contributed by atoms with van der Waals surface area (Å²) in [6.07, 6.45) is 0. The minimum Gasteiger partial charge on any atom is -0.306 e. The Labute approximate surface area is 128 Å². The zero-order chi connectivity index (χ0) is 15.0. The Kier molecular flexibility index (Phi) is 3.68. The van der Waals surface area contributed by atoms with Gasteiger partial charge in [0.1, 0.15) is 11.3 Å². The molecule has 0 aromatic carbocycles. The molecule has 0 N–H and O–H groups in total. The third-order valence-electron chi connectivity index (χ3n) is 3.56. The first-order valence-electron chi connectivity index (χ1n) is 7.05. The standard InChI is InChI=1S/C15H18ClN5/c1-4-21-15-14(11(3)19-21)18-13(8-16)20(15)9-12-7-5-6-10(2)17-12/h5-7H,4,8-9H2,1-3H3. The van der Waals surface area contributed by atoms with Crippen LogP contribution >= 0.6 is 11.6 Å². The van der Waals surface area contributed by atoms with Crippen LogP contribution in [-0.2, 0) is 19.0 Å². The molecular formula is C15H18ClN5. The van der Waals surface area contributed by atoms with Crippen molar-refractivity contribution in [3.05, 3.63) is 41.1 Å². The minimum absolute atomic E-state index is 0.379. The molecule has 3 aromatic rings. The average molecular weight is 304 g/mol. The number of aromatic nitrogens is 5. The Hall–Kier alpha value is -1.88. The van der Waals surface area contributed by atoms with Gasteiger partial charge in [-0.25, -0.2) is 9.67 Å². The van der Waals surface area contributed by atoms with Crippen molar-refractivity contribution < 1.29 is 0 Å². The minimum atomic E-state index is 0.379. The second kappa shape index (κ2) is 5.48. The van der Waals surface area contributed by atoms with Gasteiger partial charge in [0.25, 0.3) is 0 Å². The van der Waals surface area contributed by atoms with Crippen LogP contribution in [0.1, 0.15) is 29.8 Å². The highest BCUT2D eigenvalue weighted by Gasteiger charge is 2.18. The lowest BCUT2D eigenvalue weighted by Gasteiger charge is -2.09. The first kappa shape index (κ1) is 14.1. The van der Waals surface area contributed by atoms with Crippen molar-refractivity contribution >= 4 is 22.8 Å². The van der Waals surface area contributed by atoms with E-state index in [1.54, 1.807) is 0 Å². The van der Waals surface area contributed by atoms with E-state index >= 15 is 0 Å². The molecule has 0 unspecified atom stereocenters. The van der Waals surface area contributed by atoms with Gasteiger partial charge in [-0.15, -0.1) is 11.6 Å². The van der Waals surface area contributed by atoms with E-state index in [9.17, 15) is 0 Å². The van der Waals surface area contributed by atoms with E-state index in [1.165, 1.54) is 0 Å². The zero-order valence-electron chi connectivity index (χ0n) is 12.5. The molecule has 0 aliphatic rings. The van der Waals surface area contributed by atoms with Crippen LogP contribution in [0.4, 0.5) is 0 Å². The van der Waals surface area contributed by atoms with Gasteiger partial charge in [-0.05, 0) is 32.9 Å². The van der Waals surface area contributed by atoms with Crippen LogP contribution < -0.4 is 0 Å². The maximum absolute atomic E-state index is 6.07. The smallest absolute Gasteiger partial charge is 0.159 e. The Morgan fingerprint density at radius 1 is 1.19 bits per heavy atom. The second-order valence-corrected chi connectivity index (χ2v) is 5.36. The van der Waals surface area contributed by atoms with Gasteiger partial charge in [0.05, 0.1) is 23.8 Å². The Morgan fingerprint density at radius 2 is 2.00 bits per heavy atom. The van der Waals surface area contributed by atoms with Crippen LogP contribution in [0.15, 0.2) is 18.2 Å². The summed E-state index contributed by atoms with van der Waals surface area (Å²) in [6.45, 7) is 7.52. The number of hydrogen-bond acceptors (Lipinski definition) is 3. The molecule has 0 spiro atoms. The highest BCUT2D eigenvalue weighted by atomic mass is 35.5. The summed E-state index contributed by atoms with van der Waals surface area (Å²) < 4.78 is 4.09. The number of nitrogens with zero attached hydrogens (tertiary/aromatic N) is 5. The summed E-state index contributed by atoms with van der Waals surface area (Å²) in [7, 11) is 0. The quantitative estimate of drug-likeness (QED) is 0.696. The van der Waals surface area contributed by atoms with Gasteiger partial charge in [0, 0.05) is 12.2 Å². The fourth-order valence-electron chi connectivity index (χ4n) is 2.61. The molecule has 0 radical (unpaired) electrons. The molecule has 0 aliphatic heterocycles. The van der Waals surface area contributed by atoms with Gasteiger partial charge < -0.3 is 4.57 Å². The number of aryl methyl sites for hydroxylation is 3. The fraction of sp³-hybridized carbons (Fsp3) is 0.400. The lowest BCUT2D eigenvalue weighted by Crippen LogP contribution is -2.10. The van der Waals surface area contributed by atoms with Gasteiger partial charge in [0.15, 0.2) is 5.65 Å². The summed E-state index contributed by atoms with van der Waals surface area (Å²) in [5.41, 5.74) is 4.90. The van der Waals surface area contributed by atoms with Crippen LogP contribution in [0.25, 0.3) is 11.2 Å². The van der Waals surface area contributed by atoms with Crippen LogP contribution in [0.5, 0.6) is 0 Å². The molecule has 6 heteroatoms. The summed E-state index contributed by atoms with van der Waals surface area (Å²) in [6, 6.07) is 6.04. The summed E-state index contributed by atoms with van der Waals surface area (Å²) >= 11 is 6.07. The first-order valence-corrected chi connectivity index (χ1v) is 7.58. The van der Waals surface area contributed by atoms with Crippen molar-refractivity contribution in [2.45, 2.75) is 39.7 Å². The molecular weight excluding hydrogens is 286 g/mol. The Balaban J connectivity index is 2.15. The molecule has 0 bridgehead atoms. The maximum Gasteiger partial charge on any atom is 0.159 e. The van der Waals surface area contributed by atoms with E-state index in [1.807, 2.05) is 36.7 Å². The number of fused-ring (bicyclic) bond motifs is 1. The molecule has 5 nitrogen and oxygen atoms in total. The highest BCUT2D eigenvalue weighted by Crippen LogP contribution is 2.22. The number of rotatable bonds is 4. The SMILES string of the molecule is CCn1nc(C)c2nc(CCl)n(Cc3cccc(C)n3)c21. The molecule has 3 aromatic heterocycles. The molecule has 0 atom stereocenters. The number of pyridine rings is 1. The largest absolute Gasteiger partial charge is 0.306 e. The molecule has 0 fully saturated rings. The first-order chi connectivity index (χ1) is 10.1. The summed E-state index contributed by atoms with van der Waals surface area (Å²) in [5.74, 6) is 1.24. The van der Waals surface area contributed by atoms with E-state index in [4.69, 9.17) is 11.6 Å². The highest BCUT2D eigenvalue weighted by molar-refractivity contribution is 6.16. The third kappa shape index (κ3) is 2.42. The van der Waals surface area contributed by atoms with Crippen LogP contribution in [0.2, 0.25) is 0 Å². The Bertz CT molecular complexity index is 787. The molecule has 0 saturated heterocycles. The normalized spacial score (nSPS) is 11.4. The maximum atomic E-state index is 6.07. The monoisotopic (exact) mass is 303 g/mol. The molecule has 3 rings (SSSR count). The summed E-state index contributed by atoms with van der Waals surface area (Å²) in [4.78, 5) is 9.21. The number of hydrogen-bond donors (Lipinski definition) is 0. The van der Waals surface area contributed by atoms with Gasteiger partial charge >= 0.3 is 0 Å². The average Bonchev–Trinajstić information content (AvgIpc) is 2.97. The fourth-order valence-corrected chi connectivity index (χ4v) is 2.81. The molecule has 0 amide bonds. The van der Waals surface area contributed by atoms with Gasteiger partial charge in [0.2, 0.25) is 0 Å². The molecule has 110 valence electrons. The molecule has 3 heterocycles. The van der Waals surface area contributed by atoms with Crippen molar-refractivity contribution in [2.75, 3.05) is 0 Å². The lowest BCUT2D eigenvalue weighted by molar-refractivity contribution is 0.635. The Morgan fingerprint density at radius 3 is 2.67 bits per heavy atom. The van der Waals surface area contributed by atoms with Crippen LogP contribution in [0, 0.1) is 13.8 Å². The van der Waals surface area contributed by atoms with Crippen molar-refractivity contribution in [3.63, 3.8) is 0 Å². The van der Waals surface area contributed by atoms with E-state index < -0.39 is 0 Å². The number of alkyl halides is 1. The van der Waals surface area contributed by atoms with E-state index in [-0.39, 0.29) is 0 Å². The van der Waals surface area contributed by atoms with Crippen LogP contribution in [-0.4, -0.2) is 24.3 Å². The van der Waals surface area contributed by atoms with Crippen molar-refractivity contribution in [1.29, 1.82) is 0 Å². The van der Waals surface area contributed by atoms with Gasteiger partial charge in [-0.2, -0.15) is 5.10 Å². The van der Waals surface area contributed by atoms with Gasteiger partial charge in [-0.1, -0.05) is 6.07 Å². The summed E-state index contributed by atoms with van der Waals surface area (Å²) in [5, 5.41) is 4.53. The van der Waals surface area contributed by atoms with E-state index in [0.29, 0.717) is 12.4 Å². The van der Waals surface area contributed by atoms with E-state index in [0.717, 1.165) is 40.6 Å².